The van der Waals surface area contributed by atoms with Crippen LogP contribution in [0.25, 0.3) is 10.2 Å². The molecule has 1 aromatic carbocycles. The highest BCUT2D eigenvalue weighted by atomic mass is 32.1. The molecule has 1 saturated carbocycles. The van der Waals surface area contributed by atoms with Crippen LogP contribution in [0.5, 0.6) is 0 Å². The standard InChI is InChI=1S/C21H24N2O2S/c1-14-11-15(2)19-18(12-14)26-21(22-19)23(13-17-9-6-10-25-17)20(24)16-7-4-3-5-8-16/h6,9-12,16H,3-5,7-8,13H2,1-2H3. The van der Waals surface area contributed by atoms with Gasteiger partial charge in [0.1, 0.15) is 5.76 Å². The SMILES string of the molecule is Cc1cc(C)c2nc(N(Cc3ccco3)C(=O)C3CCCCC3)sc2c1. The van der Waals surface area contributed by atoms with Crippen molar-refractivity contribution < 1.29 is 9.21 Å². The van der Waals surface area contributed by atoms with Gasteiger partial charge in [-0.25, -0.2) is 4.98 Å². The van der Waals surface area contributed by atoms with Gasteiger partial charge >= 0.3 is 0 Å². The van der Waals surface area contributed by atoms with E-state index in [2.05, 4.69) is 26.0 Å². The van der Waals surface area contributed by atoms with E-state index in [1.807, 2.05) is 17.0 Å². The average molecular weight is 369 g/mol. The van der Waals surface area contributed by atoms with Crippen molar-refractivity contribution in [2.45, 2.75) is 52.5 Å². The predicted molar refractivity (Wildman–Crippen MR) is 106 cm³/mol. The van der Waals surface area contributed by atoms with E-state index >= 15 is 0 Å². The van der Waals surface area contributed by atoms with E-state index in [1.165, 1.54) is 12.0 Å². The fourth-order valence-corrected chi connectivity index (χ4v) is 4.99. The summed E-state index contributed by atoms with van der Waals surface area (Å²) in [6.45, 7) is 4.62. The second-order valence-corrected chi connectivity index (χ2v) is 8.27. The molecule has 4 rings (SSSR count). The lowest BCUT2D eigenvalue weighted by molar-refractivity contribution is -0.123. The zero-order valence-corrected chi connectivity index (χ0v) is 16.1. The molecule has 136 valence electrons. The molecule has 0 N–H and O–H groups in total. The second-order valence-electron chi connectivity index (χ2n) is 7.26. The quantitative estimate of drug-likeness (QED) is 0.600. The maximum Gasteiger partial charge on any atom is 0.232 e. The molecule has 0 saturated heterocycles. The van der Waals surface area contributed by atoms with Crippen LogP contribution in [-0.4, -0.2) is 10.9 Å². The number of carbonyl (C=O) groups is 1. The highest BCUT2D eigenvalue weighted by Gasteiger charge is 2.29. The van der Waals surface area contributed by atoms with Gasteiger partial charge in [0.2, 0.25) is 5.91 Å². The molecule has 2 heterocycles. The molecule has 0 atom stereocenters. The van der Waals surface area contributed by atoms with E-state index in [9.17, 15) is 4.79 Å². The lowest BCUT2D eigenvalue weighted by atomic mass is 9.88. The topological polar surface area (TPSA) is 46.3 Å². The minimum Gasteiger partial charge on any atom is -0.467 e. The van der Waals surface area contributed by atoms with Gasteiger partial charge in [0.05, 0.1) is 23.0 Å². The Morgan fingerprint density at radius 2 is 2.08 bits per heavy atom. The Labute approximate surface area is 157 Å². The number of benzene rings is 1. The maximum atomic E-state index is 13.3. The summed E-state index contributed by atoms with van der Waals surface area (Å²) in [6.07, 6.45) is 7.14. The van der Waals surface area contributed by atoms with Gasteiger partial charge < -0.3 is 4.42 Å². The number of amides is 1. The lowest BCUT2D eigenvalue weighted by Crippen LogP contribution is -2.36. The molecule has 26 heavy (non-hydrogen) atoms. The molecule has 1 fully saturated rings. The van der Waals surface area contributed by atoms with Gasteiger partial charge in [-0.15, -0.1) is 0 Å². The van der Waals surface area contributed by atoms with Crippen LogP contribution in [0.4, 0.5) is 5.13 Å². The van der Waals surface area contributed by atoms with Crippen LogP contribution in [0.15, 0.2) is 34.9 Å². The van der Waals surface area contributed by atoms with E-state index in [0.29, 0.717) is 6.54 Å². The van der Waals surface area contributed by atoms with Crippen molar-refractivity contribution >= 4 is 32.6 Å². The number of nitrogens with zero attached hydrogens (tertiary/aromatic N) is 2. The number of thiazole rings is 1. The number of hydrogen-bond donors (Lipinski definition) is 0. The summed E-state index contributed by atoms with van der Waals surface area (Å²) in [5, 5.41) is 0.778. The van der Waals surface area contributed by atoms with E-state index in [1.54, 1.807) is 17.6 Å². The normalized spacial score (nSPS) is 15.5. The summed E-state index contributed by atoms with van der Waals surface area (Å²) in [6, 6.07) is 8.08. The van der Waals surface area contributed by atoms with Crippen LogP contribution in [0.2, 0.25) is 0 Å². The van der Waals surface area contributed by atoms with Crippen molar-refractivity contribution in [2.75, 3.05) is 4.90 Å². The largest absolute Gasteiger partial charge is 0.467 e. The molecule has 0 unspecified atom stereocenters. The van der Waals surface area contributed by atoms with Gasteiger partial charge in [0.15, 0.2) is 5.13 Å². The fourth-order valence-electron chi connectivity index (χ4n) is 3.84. The van der Waals surface area contributed by atoms with Gasteiger partial charge in [-0.1, -0.05) is 36.7 Å². The minimum atomic E-state index is 0.105. The smallest absolute Gasteiger partial charge is 0.232 e. The molecule has 0 spiro atoms. The third-order valence-electron chi connectivity index (χ3n) is 5.16. The molecule has 0 bridgehead atoms. The van der Waals surface area contributed by atoms with Crippen molar-refractivity contribution in [3.05, 3.63) is 47.4 Å². The van der Waals surface area contributed by atoms with Crippen molar-refractivity contribution in [3.63, 3.8) is 0 Å². The minimum absolute atomic E-state index is 0.105. The van der Waals surface area contributed by atoms with Crippen LogP contribution in [0, 0.1) is 19.8 Å². The third kappa shape index (κ3) is 3.40. The van der Waals surface area contributed by atoms with Crippen LogP contribution in [0.1, 0.15) is 49.0 Å². The summed E-state index contributed by atoms with van der Waals surface area (Å²) < 4.78 is 6.66. The van der Waals surface area contributed by atoms with E-state index in [-0.39, 0.29) is 11.8 Å². The van der Waals surface area contributed by atoms with E-state index < -0.39 is 0 Å². The number of aryl methyl sites for hydroxylation is 2. The molecule has 1 aliphatic carbocycles. The Morgan fingerprint density at radius 1 is 1.27 bits per heavy atom. The molecular weight excluding hydrogens is 344 g/mol. The first-order valence-electron chi connectivity index (χ1n) is 9.33. The van der Waals surface area contributed by atoms with Gasteiger partial charge in [0, 0.05) is 5.92 Å². The Morgan fingerprint density at radius 3 is 2.81 bits per heavy atom. The van der Waals surface area contributed by atoms with Crippen LogP contribution in [-0.2, 0) is 11.3 Å². The Balaban J connectivity index is 1.72. The summed E-state index contributed by atoms with van der Waals surface area (Å²) in [7, 11) is 0. The zero-order chi connectivity index (χ0) is 18.1. The zero-order valence-electron chi connectivity index (χ0n) is 15.3. The highest BCUT2D eigenvalue weighted by molar-refractivity contribution is 7.22. The van der Waals surface area contributed by atoms with E-state index in [0.717, 1.165) is 52.4 Å². The molecule has 5 heteroatoms. The molecule has 2 aromatic heterocycles. The van der Waals surface area contributed by atoms with Crippen molar-refractivity contribution in [2.24, 2.45) is 5.92 Å². The number of fused-ring (bicyclic) bond motifs is 1. The monoisotopic (exact) mass is 368 g/mol. The second kappa shape index (κ2) is 7.23. The van der Waals surface area contributed by atoms with E-state index in [4.69, 9.17) is 9.40 Å². The Kier molecular flexibility index (Phi) is 4.81. The Hall–Kier alpha value is -2.14. The molecule has 3 aromatic rings. The van der Waals surface area contributed by atoms with Gasteiger partial charge in [-0.05, 0) is 56.0 Å². The number of rotatable bonds is 4. The first-order valence-corrected chi connectivity index (χ1v) is 10.1. The average Bonchev–Trinajstić information content (AvgIpc) is 3.29. The first-order chi connectivity index (χ1) is 12.6. The number of furan rings is 1. The maximum absolute atomic E-state index is 13.3. The summed E-state index contributed by atoms with van der Waals surface area (Å²) in [5.41, 5.74) is 3.38. The van der Waals surface area contributed by atoms with Gasteiger partial charge in [-0.2, -0.15) is 0 Å². The van der Waals surface area contributed by atoms with Gasteiger partial charge in [0.25, 0.3) is 0 Å². The van der Waals surface area contributed by atoms with Crippen molar-refractivity contribution in [1.29, 1.82) is 0 Å². The molecule has 0 aliphatic heterocycles. The van der Waals surface area contributed by atoms with Crippen molar-refractivity contribution in [1.82, 2.24) is 4.98 Å². The summed E-state index contributed by atoms with van der Waals surface area (Å²) >= 11 is 1.60. The number of aromatic nitrogens is 1. The highest BCUT2D eigenvalue weighted by Crippen LogP contribution is 2.35. The fraction of sp³-hybridized carbons (Fsp3) is 0.429. The first kappa shape index (κ1) is 17.3. The predicted octanol–water partition coefficient (Wildman–Crippen LogP) is 5.62. The van der Waals surface area contributed by atoms with Crippen molar-refractivity contribution in [3.8, 4) is 0 Å². The number of anilines is 1. The molecule has 1 aliphatic rings. The molecule has 4 nitrogen and oxygen atoms in total. The van der Waals surface area contributed by atoms with Crippen LogP contribution < -0.4 is 4.90 Å². The van der Waals surface area contributed by atoms with Gasteiger partial charge in [-0.3, -0.25) is 9.69 Å². The summed E-state index contributed by atoms with van der Waals surface area (Å²) in [4.78, 5) is 20.0. The number of hydrogen-bond acceptors (Lipinski definition) is 4. The summed E-state index contributed by atoms with van der Waals surface area (Å²) in [5.74, 6) is 1.09. The van der Waals surface area contributed by atoms with Crippen LogP contribution >= 0.6 is 11.3 Å². The lowest BCUT2D eigenvalue weighted by Gasteiger charge is -2.27. The van der Waals surface area contributed by atoms with Crippen LogP contribution in [0.3, 0.4) is 0 Å². The molecular formula is C21H24N2O2S. The third-order valence-corrected chi connectivity index (χ3v) is 6.19. The number of carbonyl (C=O) groups excluding carboxylic acids is 1. The Bertz CT molecular complexity index is 908. The molecule has 0 radical (unpaired) electrons. The molecule has 1 amide bonds.